The minimum absolute atomic E-state index is 0.0532. The van der Waals surface area contributed by atoms with Crippen molar-refractivity contribution in [3.05, 3.63) is 51.8 Å². The highest BCUT2D eigenvalue weighted by molar-refractivity contribution is 9.10. The van der Waals surface area contributed by atoms with Gasteiger partial charge in [0.25, 0.3) is 0 Å². The van der Waals surface area contributed by atoms with E-state index in [1.165, 1.54) is 0 Å². The number of ether oxygens (including phenoxy) is 1. The van der Waals surface area contributed by atoms with Crippen LogP contribution in [0.1, 0.15) is 21.6 Å². The molecule has 0 fully saturated rings. The number of rotatable bonds is 4. The van der Waals surface area contributed by atoms with Gasteiger partial charge in [0.05, 0.1) is 22.8 Å². The number of nitrogens with zero attached hydrogens (tertiary/aromatic N) is 2. The zero-order valence-corrected chi connectivity index (χ0v) is 13.1. The summed E-state index contributed by atoms with van der Waals surface area (Å²) >= 11 is 3.42. The van der Waals surface area contributed by atoms with E-state index in [-0.39, 0.29) is 5.78 Å². The Morgan fingerprint density at radius 3 is 2.75 bits per heavy atom. The van der Waals surface area contributed by atoms with Gasteiger partial charge in [-0.3, -0.25) is 9.48 Å². The molecule has 0 spiro atoms. The van der Waals surface area contributed by atoms with Gasteiger partial charge in [0.1, 0.15) is 5.75 Å². The third-order valence-electron chi connectivity index (χ3n) is 2.88. The van der Waals surface area contributed by atoms with Gasteiger partial charge in [0.2, 0.25) is 0 Å². The molecule has 0 saturated heterocycles. The highest BCUT2D eigenvalue weighted by Crippen LogP contribution is 2.26. The summed E-state index contributed by atoms with van der Waals surface area (Å²) in [6.45, 7) is 1.82. The van der Waals surface area contributed by atoms with Crippen LogP contribution < -0.4 is 4.74 Å². The van der Waals surface area contributed by atoms with Crippen molar-refractivity contribution >= 4 is 27.8 Å². The molecule has 1 aromatic heterocycles. The Morgan fingerprint density at radius 1 is 1.45 bits per heavy atom. The number of aryl methyl sites for hydroxylation is 2. The van der Waals surface area contributed by atoms with Crippen molar-refractivity contribution in [1.82, 2.24) is 9.78 Å². The van der Waals surface area contributed by atoms with E-state index >= 15 is 0 Å². The van der Waals surface area contributed by atoms with Gasteiger partial charge < -0.3 is 4.74 Å². The monoisotopic (exact) mass is 334 g/mol. The maximum absolute atomic E-state index is 12.1. The molecule has 2 aromatic rings. The Hall–Kier alpha value is -1.88. The first-order valence-corrected chi connectivity index (χ1v) is 6.86. The van der Waals surface area contributed by atoms with Crippen molar-refractivity contribution < 1.29 is 9.53 Å². The van der Waals surface area contributed by atoms with Crippen LogP contribution in [0.2, 0.25) is 0 Å². The lowest BCUT2D eigenvalue weighted by Gasteiger charge is -2.03. The number of ketones is 1. The summed E-state index contributed by atoms with van der Waals surface area (Å²) in [6.07, 6.45) is 5.06. The van der Waals surface area contributed by atoms with E-state index in [9.17, 15) is 4.79 Å². The molecule has 0 atom stereocenters. The first-order valence-electron chi connectivity index (χ1n) is 6.07. The van der Waals surface area contributed by atoms with E-state index in [0.29, 0.717) is 5.56 Å². The molecule has 0 radical (unpaired) electrons. The molecule has 0 bridgehead atoms. The van der Waals surface area contributed by atoms with Crippen molar-refractivity contribution in [3.8, 4) is 5.75 Å². The molecule has 0 saturated carbocycles. The largest absolute Gasteiger partial charge is 0.496 e. The topological polar surface area (TPSA) is 44.1 Å². The highest BCUT2D eigenvalue weighted by Gasteiger charge is 2.09. The van der Waals surface area contributed by atoms with Crippen molar-refractivity contribution in [2.24, 2.45) is 7.05 Å². The van der Waals surface area contributed by atoms with Gasteiger partial charge in [-0.15, -0.1) is 0 Å². The number of carbonyl (C=O) groups is 1. The highest BCUT2D eigenvalue weighted by atomic mass is 79.9. The third-order valence-corrected chi connectivity index (χ3v) is 3.50. The lowest BCUT2D eigenvalue weighted by molar-refractivity contribution is 0.104. The fourth-order valence-corrected chi connectivity index (χ4v) is 2.45. The average molecular weight is 335 g/mol. The summed E-state index contributed by atoms with van der Waals surface area (Å²) in [7, 11) is 3.42. The molecule has 0 amide bonds. The fourth-order valence-electron chi connectivity index (χ4n) is 1.89. The molecule has 0 aliphatic heterocycles. The Bertz CT molecular complexity index is 675. The number of halogens is 1. The second kappa shape index (κ2) is 6.05. The number of aromatic nitrogens is 2. The normalized spacial score (nSPS) is 11.0. The van der Waals surface area contributed by atoms with Crippen molar-refractivity contribution in [3.63, 3.8) is 0 Å². The Kier molecular flexibility index (Phi) is 4.39. The van der Waals surface area contributed by atoms with Crippen LogP contribution in [-0.2, 0) is 7.05 Å². The second-order valence-electron chi connectivity index (χ2n) is 4.39. The molecular weight excluding hydrogens is 320 g/mol. The van der Waals surface area contributed by atoms with E-state index in [2.05, 4.69) is 21.0 Å². The summed E-state index contributed by atoms with van der Waals surface area (Å²) in [4.78, 5) is 12.1. The van der Waals surface area contributed by atoms with Gasteiger partial charge >= 0.3 is 0 Å². The fraction of sp³-hybridized carbons (Fsp3) is 0.200. The molecule has 20 heavy (non-hydrogen) atoms. The maximum Gasteiger partial charge on any atom is 0.189 e. The SMILES string of the molecule is COc1ccc(C=CC(=O)c2cn(C)nc2C)cc1Br. The lowest BCUT2D eigenvalue weighted by atomic mass is 10.1. The van der Waals surface area contributed by atoms with Gasteiger partial charge in [-0.05, 0) is 46.6 Å². The number of hydrogen-bond acceptors (Lipinski definition) is 3. The van der Waals surface area contributed by atoms with Gasteiger partial charge in [-0.1, -0.05) is 12.1 Å². The summed E-state index contributed by atoms with van der Waals surface area (Å²) in [5.41, 5.74) is 2.28. The van der Waals surface area contributed by atoms with Crippen molar-refractivity contribution in [2.45, 2.75) is 6.92 Å². The molecular formula is C15H15BrN2O2. The summed E-state index contributed by atoms with van der Waals surface area (Å²) in [5, 5.41) is 4.16. The minimum atomic E-state index is -0.0532. The molecule has 1 aromatic carbocycles. The minimum Gasteiger partial charge on any atom is -0.496 e. The number of allylic oxidation sites excluding steroid dienone is 1. The Morgan fingerprint density at radius 2 is 2.20 bits per heavy atom. The van der Waals surface area contributed by atoms with E-state index < -0.39 is 0 Å². The molecule has 0 unspecified atom stereocenters. The van der Waals surface area contributed by atoms with Gasteiger partial charge in [0, 0.05) is 13.2 Å². The average Bonchev–Trinajstić information content (AvgIpc) is 2.75. The third kappa shape index (κ3) is 3.17. The number of hydrogen-bond donors (Lipinski definition) is 0. The molecule has 0 aliphatic rings. The molecule has 104 valence electrons. The van der Waals surface area contributed by atoms with Crippen molar-refractivity contribution in [2.75, 3.05) is 7.11 Å². The smallest absolute Gasteiger partial charge is 0.189 e. The Balaban J connectivity index is 2.19. The van der Waals surface area contributed by atoms with Crippen molar-refractivity contribution in [1.29, 1.82) is 0 Å². The quantitative estimate of drug-likeness (QED) is 0.635. The Labute approximate surface area is 126 Å². The number of carbonyl (C=O) groups excluding carboxylic acids is 1. The lowest BCUT2D eigenvalue weighted by Crippen LogP contribution is -1.94. The predicted molar refractivity (Wildman–Crippen MR) is 82.0 cm³/mol. The summed E-state index contributed by atoms with van der Waals surface area (Å²) in [5.74, 6) is 0.708. The zero-order chi connectivity index (χ0) is 14.7. The number of benzene rings is 1. The first kappa shape index (κ1) is 14.5. The van der Waals surface area contributed by atoms with E-state index in [1.54, 1.807) is 37.2 Å². The molecule has 2 rings (SSSR count). The first-order chi connectivity index (χ1) is 9.51. The number of methoxy groups -OCH3 is 1. The molecule has 0 N–H and O–H groups in total. The van der Waals surface area contributed by atoms with Crippen LogP contribution in [0.15, 0.2) is 34.9 Å². The zero-order valence-electron chi connectivity index (χ0n) is 11.6. The molecule has 0 aliphatic carbocycles. The molecule has 4 nitrogen and oxygen atoms in total. The predicted octanol–water partition coefficient (Wildman–Crippen LogP) is 3.40. The van der Waals surface area contributed by atoms with E-state index in [1.807, 2.05) is 25.1 Å². The van der Waals surface area contributed by atoms with Crippen LogP contribution in [0.3, 0.4) is 0 Å². The second-order valence-corrected chi connectivity index (χ2v) is 5.25. The van der Waals surface area contributed by atoms with E-state index in [0.717, 1.165) is 21.5 Å². The molecule has 1 heterocycles. The summed E-state index contributed by atoms with van der Waals surface area (Å²) < 4.78 is 7.66. The van der Waals surface area contributed by atoms with Crippen LogP contribution in [0.4, 0.5) is 0 Å². The van der Waals surface area contributed by atoms with Crippen LogP contribution in [0.5, 0.6) is 5.75 Å². The standard InChI is InChI=1S/C15H15BrN2O2/c1-10-12(9-18(2)17-10)14(19)6-4-11-5-7-15(20-3)13(16)8-11/h4-9H,1-3H3. The molecule has 5 heteroatoms. The van der Waals surface area contributed by atoms with Gasteiger partial charge in [-0.2, -0.15) is 5.10 Å². The van der Waals surface area contributed by atoms with Crippen LogP contribution in [-0.4, -0.2) is 22.7 Å². The van der Waals surface area contributed by atoms with E-state index in [4.69, 9.17) is 4.74 Å². The van der Waals surface area contributed by atoms with Crippen LogP contribution in [0, 0.1) is 6.92 Å². The maximum atomic E-state index is 12.1. The van der Waals surface area contributed by atoms with Gasteiger partial charge in [-0.25, -0.2) is 0 Å². The summed E-state index contributed by atoms with van der Waals surface area (Å²) in [6, 6.07) is 5.64. The van der Waals surface area contributed by atoms with Crippen LogP contribution in [0.25, 0.3) is 6.08 Å². The van der Waals surface area contributed by atoms with Crippen LogP contribution >= 0.6 is 15.9 Å². The van der Waals surface area contributed by atoms with Gasteiger partial charge in [0.15, 0.2) is 5.78 Å².